The van der Waals surface area contributed by atoms with E-state index >= 15 is 0 Å². The molecule has 8 nitrogen and oxygen atoms in total. The quantitative estimate of drug-likeness (QED) is 0.633. The van der Waals surface area contributed by atoms with Crippen molar-refractivity contribution in [3.05, 3.63) is 71.0 Å². The van der Waals surface area contributed by atoms with Crippen LogP contribution in [0.4, 0.5) is 5.95 Å². The molecule has 1 aliphatic carbocycles. The van der Waals surface area contributed by atoms with Gasteiger partial charge in [0, 0.05) is 18.2 Å². The van der Waals surface area contributed by atoms with E-state index in [-0.39, 0.29) is 23.6 Å². The van der Waals surface area contributed by atoms with Gasteiger partial charge >= 0.3 is 0 Å². The van der Waals surface area contributed by atoms with Crippen molar-refractivity contribution in [3.8, 4) is 17.2 Å². The van der Waals surface area contributed by atoms with Gasteiger partial charge in [-0.1, -0.05) is 18.2 Å². The molecule has 1 N–H and O–H groups in total. The monoisotopic (exact) mass is 433 g/mol. The SMILES string of the molecule is COc1cc(C2CC(=O)c3cnc(NC(=O)c4ccccc4)nc3C2)cc(OC)c1OC. The molecule has 1 amide bonds. The molecular weight excluding hydrogens is 410 g/mol. The number of ether oxygens (including phenoxy) is 3. The highest BCUT2D eigenvalue weighted by atomic mass is 16.5. The van der Waals surface area contributed by atoms with Crippen LogP contribution in [-0.4, -0.2) is 43.0 Å². The van der Waals surface area contributed by atoms with Crippen molar-refractivity contribution >= 4 is 17.6 Å². The van der Waals surface area contributed by atoms with Crippen LogP contribution in [0.25, 0.3) is 0 Å². The average molecular weight is 433 g/mol. The third-order valence-corrected chi connectivity index (χ3v) is 5.46. The van der Waals surface area contributed by atoms with Crippen LogP contribution >= 0.6 is 0 Å². The normalized spacial score (nSPS) is 15.0. The molecule has 4 rings (SSSR count). The smallest absolute Gasteiger partial charge is 0.258 e. The van der Waals surface area contributed by atoms with E-state index in [4.69, 9.17) is 14.2 Å². The molecule has 164 valence electrons. The molecule has 0 bridgehead atoms. The number of carbonyl (C=O) groups is 2. The molecule has 0 saturated carbocycles. The van der Waals surface area contributed by atoms with Crippen molar-refractivity contribution in [2.24, 2.45) is 0 Å². The van der Waals surface area contributed by atoms with Gasteiger partial charge in [0.05, 0.1) is 32.6 Å². The summed E-state index contributed by atoms with van der Waals surface area (Å²) in [5, 5.41) is 2.70. The topological polar surface area (TPSA) is 99.6 Å². The van der Waals surface area contributed by atoms with Gasteiger partial charge in [0.25, 0.3) is 5.91 Å². The zero-order chi connectivity index (χ0) is 22.7. The minimum absolute atomic E-state index is 0.0501. The van der Waals surface area contributed by atoms with Gasteiger partial charge in [-0.15, -0.1) is 0 Å². The third-order valence-electron chi connectivity index (χ3n) is 5.46. The predicted octanol–water partition coefficient (Wildman–Crippen LogP) is 3.67. The van der Waals surface area contributed by atoms with Gasteiger partial charge in [-0.2, -0.15) is 0 Å². The molecule has 8 heteroatoms. The number of nitrogens with one attached hydrogen (secondary N) is 1. The van der Waals surface area contributed by atoms with Crippen molar-refractivity contribution < 1.29 is 23.8 Å². The van der Waals surface area contributed by atoms with Gasteiger partial charge in [0.15, 0.2) is 17.3 Å². The van der Waals surface area contributed by atoms with E-state index in [0.29, 0.717) is 46.9 Å². The standard InChI is InChI=1S/C24H23N3O5/c1-30-20-11-16(12-21(31-2)22(20)32-3)15-9-18-17(19(28)10-15)13-25-24(26-18)27-23(29)14-7-5-4-6-8-14/h4-8,11-13,15H,9-10H2,1-3H3,(H,25,26,27,29). The molecule has 1 unspecified atom stereocenters. The Hall–Kier alpha value is -3.94. The summed E-state index contributed by atoms with van der Waals surface area (Å²) in [7, 11) is 4.65. The van der Waals surface area contributed by atoms with E-state index in [1.54, 1.807) is 45.6 Å². The van der Waals surface area contributed by atoms with E-state index in [1.165, 1.54) is 6.20 Å². The summed E-state index contributed by atoms with van der Waals surface area (Å²) in [6, 6.07) is 12.5. The minimum Gasteiger partial charge on any atom is -0.493 e. The van der Waals surface area contributed by atoms with Crippen LogP contribution in [0.1, 0.15) is 44.3 Å². The number of amides is 1. The molecule has 32 heavy (non-hydrogen) atoms. The van der Waals surface area contributed by atoms with Crippen LogP contribution in [-0.2, 0) is 6.42 Å². The van der Waals surface area contributed by atoms with E-state index in [2.05, 4.69) is 15.3 Å². The lowest BCUT2D eigenvalue weighted by Crippen LogP contribution is -2.22. The van der Waals surface area contributed by atoms with Gasteiger partial charge in [-0.3, -0.25) is 14.9 Å². The Morgan fingerprint density at radius 3 is 2.31 bits per heavy atom. The first kappa shape index (κ1) is 21.3. The number of nitrogens with zero attached hydrogens (tertiary/aromatic N) is 2. The fourth-order valence-electron chi connectivity index (χ4n) is 3.84. The van der Waals surface area contributed by atoms with Gasteiger partial charge < -0.3 is 14.2 Å². The molecule has 2 aromatic carbocycles. The van der Waals surface area contributed by atoms with Crippen LogP contribution in [0, 0.1) is 0 Å². The zero-order valence-corrected chi connectivity index (χ0v) is 18.0. The van der Waals surface area contributed by atoms with Crippen LogP contribution in [0.3, 0.4) is 0 Å². The van der Waals surface area contributed by atoms with Crippen LogP contribution in [0.15, 0.2) is 48.7 Å². The summed E-state index contributed by atoms with van der Waals surface area (Å²) >= 11 is 0. The highest BCUT2D eigenvalue weighted by molar-refractivity contribution is 6.03. The zero-order valence-electron chi connectivity index (χ0n) is 18.0. The molecule has 1 aliphatic rings. The first-order valence-electron chi connectivity index (χ1n) is 10.1. The highest BCUT2D eigenvalue weighted by Crippen LogP contribution is 2.42. The largest absolute Gasteiger partial charge is 0.493 e. The number of anilines is 1. The minimum atomic E-state index is -0.311. The Labute approximate surface area is 185 Å². The Balaban J connectivity index is 1.62. The maximum atomic E-state index is 12.8. The first-order valence-corrected chi connectivity index (χ1v) is 10.1. The second-order valence-corrected chi connectivity index (χ2v) is 7.36. The Bertz CT molecular complexity index is 1140. The van der Waals surface area contributed by atoms with Crippen molar-refractivity contribution in [1.82, 2.24) is 9.97 Å². The van der Waals surface area contributed by atoms with Crippen LogP contribution in [0.5, 0.6) is 17.2 Å². The van der Waals surface area contributed by atoms with Gasteiger partial charge in [-0.25, -0.2) is 9.97 Å². The van der Waals surface area contributed by atoms with Gasteiger partial charge in [0.2, 0.25) is 11.7 Å². The summed E-state index contributed by atoms with van der Waals surface area (Å²) in [4.78, 5) is 33.9. The number of fused-ring (bicyclic) bond motifs is 1. The number of rotatable bonds is 6. The molecule has 0 spiro atoms. The second-order valence-electron chi connectivity index (χ2n) is 7.36. The van der Waals surface area contributed by atoms with Gasteiger partial charge in [0.1, 0.15) is 0 Å². The first-order chi connectivity index (χ1) is 15.5. The van der Waals surface area contributed by atoms with E-state index in [1.807, 2.05) is 18.2 Å². The van der Waals surface area contributed by atoms with Crippen LogP contribution in [0.2, 0.25) is 0 Å². The molecular formula is C24H23N3O5. The van der Waals surface area contributed by atoms with Gasteiger partial charge in [-0.05, 0) is 42.2 Å². The number of benzene rings is 2. The Morgan fingerprint density at radius 2 is 1.69 bits per heavy atom. The lowest BCUT2D eigenvalue weighted by Gasteiger charge is -2.24. The summed E-state index contributed by atoms with van der Waals surface area (Å²) in [6.07, 6.45) is 2.30. The summed E-state index contributed by atoms with van der Waals surface area (Å²) in [5.41, 5.74) is 2.46. The van der Waals surface area contributed by atoms with Crippen LogP contribution < -0.4 is 19.5 Å². The van der Waals surface area contributed by atoms with Crippen molar-refractivity contribution in [3.63, 3.8) is 0 Å². The number of ketones is 1. The molecule has 1 atom stereocenters. The average Bonchev–Trinajstić information content (AvgIpc) is 2.83. The third kappa shape index (κ3) is 4.12. The fraction of sp³-hybridized carbons (Fsp3) is 0.250. The molecule has 1 heterocycles. The van der Waals surface area contributed by atoms with Crippen molar-refractivity contribution in [2.75, 3.05) is 26.6 Å². The predicted molar refractivity (Wildman–Crippen MR) is 118 cm³/mol. The summed E-state index contributed by atoms with van der Waals surface area (Å²) in [5.74, 6) is 1.22. The molecule has 0 radical (unpaired) electrons. The van der Waals surface area contributed by atoms with E-state index in [0.717, 1.165) is 5.56 Å². The number of hydrogen-bond donors (Lipinski definition) is 1. The van der Waals surface area contributed by atoms with E-state index < -0.39 is 0 Å². The summed E-state index contributed by atoms with van der Waals surface area (Å²) < 4.78 is 16.3. The van der Waals surface area contributed by atoms with Crippen molar-refractivity contribution in [1.29, 1.82) is 0 Å². The second kappa shape index (κ2) is 9.05. The number of methoxy groups -OCH3 is 3. The number of Topliss-reactive ketones (excluding diaryl/α,β-unsaturated/α-hetero) is 1. The molecule has 1 aromatic heterocycles. The molecule has 0 saturated heterocycles. The maximum Gasteiger partial charge on any atom is 0.258 e. The molecule has 3 aromatic rings. The molecule has 0 fully saturated rings. The summed E-state index contributed by atoms with van der Waals surface area (Å²) in [6.45, 7) is 0. The lowest BCUT2D eigenvalue weighted by atomic mass is 9.82. The lowest BCUT2D eigenvalue weighted by molar-refractivity contribution is 0.0962. The maximum absolute atomic E-state index is 12.8. The fourth-order valence-corrected chi connectivity index (χ4v) is 3.84. The number of carbonyl (C=O) groups excluding carboxylic acids is 2. The number of aromatic nitrogens is 2. The highest BCUT2D eigenvalue weighted by Gasteiger charge is 2.30. The molecule has 0 aliphatic heterocycles. The Kier molecular flexibility index (Phi) is 6.02. The Morgan fingerprint density at radius 1 is 1.00 bits per heavy atom. The number of hydrogen-bond acceptors (Lipinski definition) is 7. The van der Waals surface area contributed by atoms with E-state index in [9.17, 15) is 9.59 Å². The van der Waals surface area contributed by atoms with Crippen molar-refractivity contribution in [2.45, 2.75) is 18.8 Å².